The van der Waals surface area contributed by atoms with E-state index in [9.17, 15) is 8.42 Å². The molecule has 1 fully saturated rings. The number of anilines is 1. The maximum absolute atomic E-state index is 12.4. The van der Waals surface area contributed by atoms with Gasteiger partial charge >= 0.3 is 0 Å². The van der Waals surface area contributed by atoms with Crippen molar-refractivity contribution in [3.05, 3.63) is 16.7 Å². The monoisotopic (exact) mass is 379 g/mol. The molecule has 2 unspecified atom stereocenters. The van der Waals surface area contributed by atoms with Crippen LogP contribution in [0, 0.1) is 0 Å². The number of halogens is 1. The zero-order valence-electron chi connectivity index (χ0n) is 11.2. The minimum absolute atomic E-state index is 0.0247. The second kappa shape index (κ2) is 6.64. The number of nitrogens with two attached hydrogens (primary N) is 1. The molecule has 1 aromatic heterocycles. The minimum atomic E-state index is -3.63. The number of aromatic nitrogens is 1. The van der Waals surface area contributed by atoms with Crippen molar-refractivity contribution >= 4 is 43.5 Å². The summed E-state index contributed by atoms with van der Waals surface area (Å²) in [7, 11) is -3.63. The van der Waals surface area contributed by atoms with Crippen molar-refractivity contribution in [3.8, 4) is 0 Å². The summed E-state index contributed by atoms with van der Waals surface area (Å²) in [5, 5.41) is 0.344. The first-order valence-corrected chi connectivity index (χ1v) is 9.81. The summed E-state index contributed by atoms with van der Waals surface area (Å²) < 4.78 is 28.3. The van der Waals surface area contributed by atoms with Crippen molar-refractivity contribution in [2.75, 3.05) is 11.5 Å². The van der Waals surface area contributed by atoms with Crippen LogP contribution >= 0.6 is 27.7 Å². The Morgan fingerprint density at radius 2 is 2.30 bits per heavy atom. The van der Waals surface area contributed by atoms with Crippen molar-refractivity contribution < 1.29 is 8.42 Å². The molecule has 0 bridgehead atoms. The molecule has 1 aliphatic rings. The smallest absolute Gasteiger partial charge is 0.244 e. The Morgan fingerprint density at radius 1 is 1.55 bits per heavy atom. The van der Waals surface area contributed by atoms with Crippen LogP contribution in [0.15, 0.2) is 21.6 Å². The van der Waals surface area contributed by atoms with Crippen LogP contribution in [0.2, 0.25) is 0 Å². The molecule has 0 saturated heterocycles. The van der Waals surface area contributed by atoms with Crippen LogP contribution in [0.4, 0.5) is 5.82 Å². The van der Waals surface area contributed by atoms with Gasteiger partial charge in [0.2, 0.25) is 10.0 Å². The number of rotatable bonds is 5. The van der Waals surface area contributed by atoms with Gasteiger partial charge in [-0.1, -0.05) is 13.3 Å². The van der Waals surface area contributed by atoms with Crippen molar-refractivity contribution in [3.63, 3.8) is 0 Å². The molecule has 2 rings (SSSR count). The summed E-state index contributed by atoms with van der Waals surface area (Å²) in [6.45, 7) is 2.09. The predicted octanol–water partition coefficient (Wildman–Crippen LogP) is 2.38. The lowest BCUT2D eigenvalue weighted by Gasteiger charge is -2.20. The van der Waals surface area contributed by atoms with Crippen LogP contribution in [0.3, 0.4) is 0 Å². The van der Waals surface area contributed by atoms with Crippen LogP contribution < -0.4 is 10.5 Å². The minimum Gasteiger partial charge on any atom is -0.383 e. The molecule has 1 aromatic rings. The highest BCUT2D eigenvalue weighted by Gasteiger charge is 2.32. The number of thioether (sulfide) groups is 1. The highest BCUT2D eigenvalue weighted by Crippen LogP contribution is 2.31. The van der Waals surface area contributed by atoms with Crippen LogP contribution in [0.5, 0.6) is 0 Å². The number of pyridine rings is 1. The normalized spacial score (nSPS) is 23.1. The van der Waals surface area contributed by atoms with E-state index in [1.54, 1.807) is 0 Å². The number of hydrogen-bond acceptors (Lipinski definition) is 5. The van der Waals surface area contributed by atoms with Gasteiger partial charge in [0.25, 0.3) is 0 Å². The Kier molecular flexibility index (Phi) is 5.33. The third-order valence-corrected chi connectivity index (χ3v) is 6.56. The molecular formula is C12H18BrN3O2S2. The standard InChI is InChI=1S/C12H18BrN3O2S2/c1-2-19-10-5-3-4-9(10)16-20(17,18)11-6-8(13)7-15-12(11)14/h6-7,9-10,16H,2-5H2,1H3,(H2,14,15). The molecule has 0 aliphatic heterocycles. The summed E-state index contributed by atoms with van der Waals surface area (Å²) in [6.07, 6.45) is 4.47. The molecule has 8 heteroatoms. The maximum atomic E-state index is 12.4. The number of nitrogen functional groups attached to an aromatic ring is 1. The fraction of sp³-hybridized carbons (Fsp3) is 0.583. The summed E-state index contributed by atoms with van der Waals surface area (Å²) in [5.41, 5.74) is 5.69. The van der Waals surface area contributed by atoms with Crippen LogP contribution in [0.1, 0.15) is 26.2 Å². The first kappa shape index (κ1) is 16.1. The van der Waals surface area contributed by atoms with Gasteiger partial charge < -0.3 is 5.73 Å². The molecule has 1 heterocycles. The lowest BCUT2D eigenvalue weighted by Crippen LogP contribution is -2.39. The van der Waals surface area contributed by atoms with Gasteiger partial charge in [-0.3, -0.25) is 0 Å². The maximum Gasteiger partial charge on any atom is 0.244 e. The van der Waals surface area contributed by atoms with E-state index in [1.165, 1.54) is 12.3 Å². The fourth-order valence-corrected chi connectivity index (χ4v) is 5.57. The van der Waals surface area contributed by atoms with E-state index in [4.69, 9.17) is 5.73 Å². The molecule has 3 N–H and O–H groups in total. The first-order chi connectivity index (χ1) is 9.44. The molecule has 1 saturated carbocycles. The van der Waals surface area contributed by atoms with Crippen LogP contribution in [-0.2, 0) is 10.0 Å². The lowest BCUT2D eigenvalue weighted by atomic mass is 10.3. The van der Waals surface area contributed by atoms with E-state index in [0.717, 1.165) is 25.0 Å². The first-order valence-electron chi connectivity index (χ1n) is 6.49. The quantitative estimate of drug-likeness (QED) is 0.819. The average molecular weight is 380 g/mol. The number of sulfonamides is 1. The Hall–Kier alpha value is -0.310. The Bertz CT molecular complexity index is 580. The van der Waals surface area contributed by atoms with E-state index in [-0.39, 0.29) is 16.8 Å². The van der Waals surface area contributed by atoms with E-state index < -0.39 is 10.0 Å². The third-order valence-electron chi connectivity index (χ3n) is 3.28. The van der Waals surface area contributed by atoms with E-state index in [2.05, 4.69) is 32.6 Å². The molecular weight excluding hydrogens is 362 g/mol. The molecule has 112 valence electrons. The van der Waals surface area contributed by atoms with Gasteiger partial charge in [-0.25, -0.2) is 18.1 Å². The van der Waals surface area contributed by atoms with Crippen molar-refractivity contribution in [1.82, 2.24) is 9.71 Å². The van der Waals surface area contributed by atoms with Gasteiger partial charge in [0.15, 0.2) is 0 Å². The summed E-state index contributed by atoms with van der Waals surface area (Å²) in [6, 6.07) is 1.46. The topological polar surface area (TPSA) is 85.1 Å². The number of nitrogens with one attached hydrogen (secondary N) is 1. The van der Waals surface area contributed by atoms with E-state index >= 15 is 0 Å². The fourth-order valence-electron chi connectivity index (χ4n) is 2.38. The Morgan fingerprint density at radius 3 is 3.00 bits per heavy atom. The molecule has 0 spiro atoms. The van der Waals surface area contributed by atoms with Crippen molar-refractivity contribution in [1.29, 1.82) is 0 Å². The third kappa shape index (κ3) is 3.66. The van der Waals surface area contributed by atoms with Gasteiger partial charge in [0, 0.05) is 22.0 Å². The molecule has 5 nitrogen and oxygen atoms in total. The van der Waals surface area contributed by atoms with Crippen LogP contribution in [-0.4, -0.2) is 30.4 Å². The second-order valence-corrected chi connectivity index (χ2v) is 8.80. The SMILES string of the molecule is CCSC1CCCC1NS(=O)(=O)c1cc(Br)cnc1N. The molecule has 20 heavy (non-hydrogen) atoms. The largest absolute Gasteiger partial charge is 0.383 e. The zero-order chi connectivity index (χ0) is 14.8. The highest BCUT2D eigenvalue weighted by atomic mass is 79.9. The van der Waals surface area contributed by atoms with Crippen LogP contribution in [0.25, 0.3) is 0 Å². The van der Waals surface area contributed by atoms with E-state index in [1.807, 2.05) is 11.8 Å². The van der Waals surface area contributed by atoms with Gasteiger partial charge in [-0.2, -0.15) is 11.8 Å². The van der Waals surface area contributed by atoms with Gasteiger partial charge in [0.05, 0.1) is 0 Å². The highest BCUT2D eigenvalue weighted by molar-refractivity contribution is 9.10. The summed E-state index contributed by atoms with van der Waals surface area (Å²) in [4.78, 5) is 3.92. The lowest BCUT2D eigenvalue weighted by molar-refractivity contribution is 0.555. The van der Waals surface area contributed by atoms with E-state index in [0.29, 0.717) is 9.72 Å². The Labute approximate surface area is 132 Å². The zero-order valence-corrected chi connectivity index (χ0v) is 14.4. The molecule has 2 atom stereocenters. The Balaban J connectivity index is 2.20. The number of nitrogens with zero attached hydrogens (tertiary/aromatic N) is 1. The molecule has 0 aromatic carbocycles. The van der Waals surface area contributed by atoms with Gasteiger partial charge in [0.1, 0.15) is 10.7 Å². The molecule has 1 aliphatic carbocycles. The molecule has 0 radical (unpaired) electrons. The second-order valence-electron chi connectivity index (χ2n) is 4.69. The predicted molar refractivity (Wildman–Crippen MR) is 86.2 cm³/mol. The van der Waals surface area contributed by atoms with Crippen molar-refractivity contribution in [2.24, 2.45) is 0 Å². The van der Waals surface area contributed by atoms with Gasteiger partial charge in [-0.05, 0) is 40.6 Å². The van der Waals surface area contributed by atoms with Crippen molar-refractivity contribution in [2.45, 2.75) is 42.4 Å². The average Bonchev–Trinajstić information content (AvgIpc) is 2.79. The summed E-state index contributed by atoms with van der Waals surface area (Å²) >= 11 is 5.03. The summed E-state index contributed by atoms with van der Waals surface area (Å²) in [5.74, 6) is 1.02. The number of hydrogen-bond donors (Lipinski definition) is 2. The van der Waals surface area contributed by atoms with Gasteiger partial charge in [-0.15, -0.1) is 0 Å². The molecule has 0 amide bonds.